The summed E-state index contributed by atoms with van der Waals surface area (Å²) in [6.07, 6.45) is 3.05. The lowest BCUT2D eigenvalue weighted by Crippen LogP contribution is -2.44. The van der Waals surface area contributed by atoms with E-state index in [4.69, 9.17) is 5.73 Å². The van der Waals surface area contributed by atoms with Crippen molar-refractivity contribution in [2.75, 3.05) is 5.32 Å². The van der Waals surface area contributed by atoms with Crippen LogP contribution >= 0.6 is 0 Å². The van der Waals surface area contributed by atoms with Crippen molar-refractivity contribution in [3.8, 4) is 0 Å². The van der Waals surface area contributed by atoms with Crippen LogP contribution in [0.3, 0.4) is 0 Å². The van der Waals surface area contributed by atoms with Gasteiger partial charge in [-0.05, 0) is 6.92 Å². The van der Waals surface area contributed by atoms with Gasteiger partial charge in [-0.25, -0.2) is 14.8 Å². The Bertz CT molecular complexity index is 430. The number of nitrogens with zero attached hydrogens (tertiary/aromatic N) is 2. The van der Waals surface area contributed by atoms with Crippen LogP contribution < -0.4 is 16.4 Å². The second-order valence-electron chi connectivity index (χ2n) is 4.20. The minimum Gasteiger partial charge on any atom is -0.352 e. The lowest BCUT2D eigenvalue weighted by molar-refractivity contribution is -0.117. The number of aromatic nitrogens is 2. The summed E-state index contributed by atoms with van der Waals surface area (Å²) in [5.74, 6) is 0.552. The molecule has 0 radical (unpaired) electrons. The Balaban J connectivity index is 2.62. The number of anilines is 1. The molecule has 1 aromatic heterocycles. The summed E-state index contributed by atoms with van der Waals surface area (Å²) in [6.45, 7) is 5.49. The predicted molar refractivity (Wildman–Crippen MR) is 66.9 cm³/mol. The number of carbonyl (C=O) groups is 2. The molecule has 0 saturated heterocycles. The van der Waals surface area contributed by atoms with E-state index in [1.807, 2.05) is 13.8 Å². The van der Waals surface area contributed by atoms with Crippen LogP contribution in [0.5, 0.6) is 0 Å². The molecule has 18 heavy (non-hydrogen) atoms. The molecule has 98 valence electrons. The molecule has 0 saturated carbocycles. The quantitative estimate of drug-likeness (QED) is 0.727. The summed E-state index contributed by atoms with van der Waals surface area (Å²) < 4.78 is 0. The van der Waals surface area contributed by atoms with Crippen molar-refractivity contribution >= 4 is 17.6 Å². The van der Waals surface area contributed by atoms with Gasteiger partial charge in [-0.2, -0.15) is 0 Å². The molecule has 0 aliphatic heterocycles. The fraction of sp³-hybridized carbons (Fsp3) is 0.455. The second-order valence-corrected chi connectivity index (χ2v) is 4.20. The Kier molecular flexibility index (Phi) is 4.59. The summed E-state index contributed by atoms with van der Waals surface area (Å²) >= 11 is 0. The molecule has 3 amide bonds. The van der Waals surface area contributed by atoms with E-state index >= 15 is 0 Å². The first-order valence-electron chi connectivity index (χ1n) is 5.59. The van der Waals surface area contributed by atoms with Gasteiger partial charge in [0.1, 0.15) is 11.9 Å². The highest BCUT2D eigenvalue weighted by atomic mass is 16.2. The van der Waals surface area contributed by atoms with Crippen LogP contribution in [0.15, 0.2) is 12.4 Å². The predicted octanol–water partition coefficient (Wildman–Crippen LogP) is 0.595. The minimum atomic E-state index is -0.746. The van der Waals surface area contributed by atoms with Crippen molar-refractivity contribution in [3.05, 3.63) is 18.2 Å². The Morgan fingerprint density at radius 1 is 1.22 bits per heavy atom. The smallest absolute Gasteiger partial charge is 0.312 e. The van der Waals surface area contributed by atoms with Gasteiger partial charge in [0.05, 0.1) is 18.1 Å². The summed E-state index contributed by atoms with van der Waals surface area (Å²) in [5.41, 5.74) is 5.40. The molecule has 0 aliphatic carbocycles. The molecule has 4 N–H and O–H groups in total. The highest BCUT2D eigenvalue weighted by molar-refractivity contribution is 5.96. The third kappa shape index (κ3) is 4.00. The van der Waals surface area contributed by atoms with Crippen molar-refractivity contribution in [2.24, 2.45) is 5.73 Å². The van der Waals surface area contributed by atoms with Gasteiger partial charge in [-0.15, -0.1) is 0 Å². The monoisotopic (exact) mass is 251 g/mol. The average Bonchev–Trinajstić information content (AvgIpc) is 2.28. The van der Waals surface area contributed by atoms with Crippen molar-refractivity contribution in [1.82, 2.24) is 15.3 Å². The molecule has 0 aromatic carbocycles. The third-order valence-corrected chi connectivity index (χ3v) is 2.21. The fourth-order valence-corrected chi connectivity index (χ4v) is 1.23. The average molecular weight is 251 g/mol. The highest BCUT2D eigenvalue weighted by Crippen LogP contribution is 2.10. The summed E-state index contributed by atoms with van der Waals surface area (Å²) in [6, 6.07) is -1.46. The van der Waals surface area contributed by atoms with Gasteiger partial charge in [0.2, 0.25) is 5.91 Å². The zero-order valence-electron chi connectivity index (χ0n) is 10.6. The van der Waals surface area contributed by atoms with E-state index in [0.29, 0.717) is 11.5 Å². The van der Waals surface area contributed by atoms with Crippen LogP contribution in [0, 0.1) is 0 Å². The third-order valence-electron chi connectivity index (χ3n) is 2.21. The molecule has 1 unspecified atom stereocenters. The highest BCUT2D eigenvalue weighted by Gasteiger charge is 2.14. The lowest BCUT2D eigenvalue weighted by Gasteiger charge is -2.12. The van der Waals surface area contributed by atoms with E-state index in [9.17, 15) is 9.59 Å². The molecule has 0 spiro atoms. The van der Waals surface area contributed by atoms with Gasteiger partial charge in [0.25, 0.3) is 0 Å². The van der Waals surface area contributed by atoms with Gasteiger partial charge in [0.15, 0.2) is 0 Å². The van der Waals surface area contributed by atoms with Gasteiger partial charge in [0, 0.05) is 5.92 Å². The van der Waals surface area contributed by atoms with Crippen molar-refractivity contribution in [3.63, 3.8) is 0 Å². The number of hydrogen-bond donors (Lipinski definition) is 3. The number of rotatable bonds is 4. The number of amides is 3. The van der Waals surface area contributed by atoms with Gasteiger partial charge < -0.3 is 16.4 Å². The number of urea groups is 1. The van der Waals surface area contributed by atoms with Gasteiger partial charge >= 0.3 is 6.03 Å². The first kappa shape index (κ1) is 13.9. The van der Waals surface area contributed by atoms with Crippen LogP contribution in [-0.2, 0) is 4.79 Å². The van der Waals surface area contributed by atoms with Crippen LogP contribution in [0.1, 0.15) is 32.5 Å². The van der Waals surface area contributed by atoms with Crippen LogP contribution in [0.4, 0.5) is 10.5 Å². The Labute approximate surface area is 105 Å². The number of carbonyl (C=O) groups excluding carboxylic acids is 2. The lowest BCUT2D eigenvalue weighted by atomic mass is 10.2. The number of primary amides is 1. The van der Waals surface area contributed by atoms with Crippen LogP contribution in [0.25, 0.3) is 0 Å². The van der Waals surface area contributed by atoms with E-state index in [1.54, 1.807) is 0 Å². The maximum Gasteiger partial charge on any atom is 0.312 e. The molecule has 0 aliphatic rings. The zero-order chi connectivity index (χ0) is 13.7. The summed E-state index contributed by atoms with van der Waals surface area (Å²) in [7, 11) is 0. The number of nitrogens with two attached hydrogens (primary N) is 1. The molecular formula is C11H17N5O2. The molecule has 1 rings (SSSR count). The molecule has 1 aromatic rings. The number of nitrogens with one attached hydrogen (secondary N) is 2. The summed E-state index contributed by atoms with van der Waals surface area (Å²) in [5, 5.41) is 4.86. The molecule has 7 heteroatoms. The Morgan fingerprint density at radius 3 is 2.22 bits per heavy atom. The maximum atomic E-state index is 11.6. The van der Waals surface area contributed by atoms with Crippen LogP contribution in [0.2, 0.25) is 0 Å². The van der Waals surface area contributed by atoms with E-state index in [-0.39, 0.29) is 11.8 Å². The Hall–Kier alpha value is -2.18. The minimum absolute atomic E-state index is 0.227. The molecule has 1 heterocycles. The van der Waals surface area contributed by atoms with E-state index < -0.39 is 12.1 Å². The van der Waals surface area contributed by atoms with Crippen molar-refractivity contribution < 1.29 is 9.59 Å². The molecule has 1 atom stereocenters. The normalized spacial score (nSPS) is 12.0. The number of hydrogen-bond acceptors (Lipinski definition) is 4. The molecule has 0 fully saturated rings. The second kappa shape index (κ2) is 5.95. The van der Waals surface area contributed by atoms with E-state index in [0.717, 1.165) is 0 Å². The summed E-state index contributed by atoms with van der Waals surface area (Å²) in [4.78, 5) is 30.4. The zero-order valence-corrected chi connectivity index (χ0v) is 10.6. The first-order chi connectivity index (χ1) is 8.40. The SMILES string of the molecule is CC(NC(N)=O)C(=O)Nc1cnc(C(C)C)nc1. The standard InChI is InChI=1S/C11H17N5O2/c1-6(2)9-13-4-8(5-14-9)16-10(17)7(3)15-11(12)18/h4-7H,1-3H3,(H,16,17)(H3,12,15,18). The Morgan fingerprint density at radius 2 is 1.78 bits per heavy atom. The molecule has 0 bridgehead atoms. The fourth-order valence-electron chi connectivity index (χ4n) is 1.23. The topological polar surface area (TPSA) is 110 Å². The molecular weight excluding hydrogens is 234 g/mol. The largest absolute Gasteiger partial charge is 0.352 e. The van der Waals surface area contributed by atoms with Gasteiger partial charge in [-0.3, -0.25) is 4.79 Å². The van der Waals surface area contributed by atoms with Crippen molar-refractivity contribution in [1.29, 1.82) is 0 Å². The maximum absolute atomic E-state index is 11.6. The van der Waals surface area contributed by atoms with E-state index in [2.05, 4.69) is 20.6 Å². The van der Waals surface area contributed by atoms with Crippen LogP contribution in [-0.4, -0.2) is 27.9 Å². The van der Waals surface area contributed by atoms with E-state index in [1.165, 1.54) is 19.3 Å². The van der Waals surface area contributed by atoms with Gasteiger partial charge in [-0.1, -0.05) is 13.8 Å². The first-order valence-corrected chi connectivity index (χ1v) is 5.59. The van der Waals surface area contributed by atoms with Crippen molar-refractivity contribution in [2.45, 2.75) is 32.7 Å². The molecule has 7 nitrogen and oxygen atoms in total.